The van der Waals surface area contributed by atoms with E-state index in [2.05, 4.69) is 17.3 Å². The van der Waals surface area contributed by atoms with Crippen LogP contribution < -0.4 is 0 Å². The van der Waals surface area contributed by atoms with Crippen molar-refractivity contribution in [1.29, 1.82) is 0 Å². The van der Waals surface area contributed by atoms with Crippen molar-refractivity contribution in [2.24, 2.45) is 0 Å². The minimum absolute atomic E-state index is 0.00521. The molecule has 0 bridgehead atoms. The minimum Gasteiger partial charge on any atom is -0.475 e. The van der Waals surface area contributed by atoms with Crippen molar-refractivity contribution in [3.63, 3.8) is 0 Å². The van der Waals surface area contributed by atoms with Gasteiger partial charge in [0.25, 0.3) is 0 Å². The Morgan fingerprint density at radius 1 is 1.33 bits per heavy atom. The van der Waals surface area contributed by atoms with Crippen molar-refractivity contribution in [3.8, 4) is 0 Å². The molecule has 1 aliphatic carbocycles. The Bertz CT molecular complexity index is 574. The van der Waals surface area contributed by atoms with Crippen LogP contribution in [0.15, 0.2) is 34.9 Å². The van der Waals surface area contributed by atoms with E-state index in [9.17, 15) is 4.79 Å². The van der Waals surface area contributed by atoms with Gasteiger partial charge in [-0.05, 0) is 30.7 Å². The monoisotopic (exact) mass is 243 g/mol. The van der Waals surface area contributed by atoms with Crippen molar-refractivity contribution in [3.05, 3.63) is 52.9 Å². The molecule has 1 unspecified atom stereocenters. The first-order chi connectivity index (χ1) is 8.75. The Morgan fingerprint density at radius 2 is 2.11 bits per heavy atom. The van der Waals surface area contributed by atoms with Gasteiger partial charge in [-0.1, -0.05) is 35.5 Å². The quantitative estimate of drug-likeness (QED) is 0.880. The van der Waals surface area contributed by atoms with Crippen molar-refractivity contribution in [1.82, 2.24) is 5.16 Å². The zero-order valence-electron chi connectivity index (χ0n) is 9.80. The summed E-state index contributed by atoms with van der Waals surface area (Å²) < 4.78 is 4.91. The van der Waals surface area contributed by atoms with Crippen LogP contribution in [0, 0.1) is 0 Å². The molecule has 1 heterocycles. The van der Waals surface area contributed by atoms with Gasteiger partial charge in [-0.2, -0.15) is 0 Å². The Kier molecular flexibility index (Phi) is 2.63. The van der Waals surface area contributed by atoms with E-state index in [0.717, 1.165) is 24.1 Å². The lowest BCUT2D eigenvalue weighted by atomic mass is 9.82. The van der Waals surface area contributed by atoms with Crippen molar-refractivity contribution in [2.45, 2.75) is 25.2 Å². The van der Waals surface area contributed by atoms with Gasteiger partial charge in [0.1, 0.15) is 0 Å². The summed E-state index contributed by atoms with van der Waals surface area (Å²) in [5.41, 5.74) is 2.82. The molecule has 1 N–H and O–H groups in total. The molecule has 0 fully saturated rings. The van der Waals surface area contributed by atoms with Gasteiger partial charge in [0.05, 0.1) is 5.69 Å². The first kappa shape index (κ1) is 11.0. The van der Waals surface area contributed by atoms with Gasteiger partial charge in [-0.25, -0.2) is 4.79 Å². The maximum absolute atomic E-state index is 11.0. The molecule has 0 saturated carbocycles. The molecule has 0 spiro atoms. The molecule has 4 nitrogen and oxygen atoms in total. The third-order valence-corrected chi connectivity index (χ3v) is 3.51. The second-order valence-corrected chi connectivity index (χ2v) is 4.59. The molecular formula is C14H13NO3. The summed E-state index contributed by atoms with van der Waals surface area (Å²) in [5.74, 6) is -0.667. The van der Waals surface area contributed by atoms with Crippen LogP contribution in [-0.2, 0) is 12.8 Å². The summed E-state index contributed by atoms with van der Waals surface area (Å²) in [5, 5.41) is 12.9. The first-order valence-electron chi connectivity index (χ1n) is 6.01. The second-order valence-electron chi connectivity index (χ2n) is 4.59. The topological polar surface area (TPSA) is 63.3 Å². The Labute approximate surface area is 104 Å². The summed E-state index contributed by atoms with van der Waals surface area (Å²) in [7, 11) is 0. The molecule has 1 aliphatic rings. The lowest BCUT2D eigenvalue weighted by Crippen LogP contribution is -2.14. The standard InChI is InChI=1S/C14H13NO3/c16-14(17)13-11-8-10(6-7-12(11)15-18-13)9-4-2-1-3-5-9/h1-5,10H,6-8H2,(H,16,17). The van der Waals surface area contributed by atoms with Crippen LogP contribution in [0.2, 0.25) is 0 Å². The highest BCUT2D eigenvalue weighted by atomic mass is 16.5. The number of hydrogen-bond acceptors (Lipinski definition) is 3. The number of rotatable bonds is 2. The van der Waals surface area contributed by atoms with E-state index in [1.165, 1.54) is 5.56 Å². The van der Waals surface area contributed by atoms with Gasteiger partial charge in [-0.3, -0.25) is 0 Å². The Balaban J connectivity index is 1.93. The highest BCUT2D eigenvalue weighted by Gasteiger charge is 2.29. The van der Waals surface area contributed by atoms with Crippen molar-refractivity contribution >= 4 is 5.97 Å². The van der Waals surface area contributed by atoms with E-state index < -0.39 is 5.97 Å². The molecule has 1 atom stereocenters. The molecule has 0 amide bonds. The number of aryl methyl sites for hydroxylation is 1. The molecule has 1 aromatic carbocycles. The van der Waals surface area contributed by atoms with Crippen LogP contribution >= 0.6 is 0 Å². The van der Waals surface area contributed by atoms with Gasteiger partial charge >= 0.3 is 5.97 Å². The molecule has 0 radical (unpaired) electrons. The summed E-state index contributed by atoms with van der Waals surface area (Å²) in [4.78, 5) is 11.0. The largest absolute Gasteiger partial charge is 0.475 e. The highest BCUT2D eigenvalue weighted by Crippen LogP contribution is 2.33. The van der Waals surface area contributed by atoms with E-state index in [1.54, 1.807) is 0 Å². The summed E-state index contributed by atoms with van der Waals surface area (Å²) >= 11 is 0. The zero-order chi connectivity index (χ0) is 12.5. The normalized spacial score (nSPS) is 18.3. The predicted molar refractivity (Wildman–Crippen MR) is 64.7 cm³/mol. The fourth-order valence-corrected chi connectivity index (χ4v) is 2.59. The molecule has 3 rings (SSSR count). The maximum Gasteiger partial charge on any atom is 0.375 e. The Hall–Kier alpha value is -2.10. The fourth-order valence-electron chi connectivity index (χ4n) is 2.59. The van der Waals surface area contributed by atoms with Crippen LogP contribution in [0.1, 0.15) is 39.7 Å². The van der Waals surface area contributed by atoms with Crippen LogP contribution in [0.5, 0.6) is 0 Å². The van der Waals surface area contributed by atoms with E-state index in [-0.39, 0.29) is 5.76 Å². The SMILES string of the molecule is O=C(O)c1onc2c1CC(c1ccccc1)CC2. The average molecular weight is 243 g/mol. The number of carbonyl (C=O) groups is 1. The molecule has 0 saturated heterocycles. The summed E-state index contributed by atoms with van der Waals surface area (Å²) in [6, 6.07) is 10.2. The number of carboxylic acid groups (broad SMARTS) is 1. The van der Waals surface area contributed by atoms with E-state index in [4.69, 9.17) is 9.63 Å². The summed E-state index contributed by atoms with van der Waals surface area (Å²) in [6.07, 6.45) is 2.47. The van der Waals surface area contributed by atoms with Crippen LogP contribution in [0.3, 0.4) is 0 Å². The number of hydrogen-bond donors (Lipinski definition) is 1. The number of carboxylic acids is 1. The third kappa shape index (κ3) is 1.79. The van der Waals surface area contributed by atoms with Crippen molar-refractivity contribution in [2.75, 3.05) is 0 Å². The van der Waals surface area contributed by atoms with Crippen LogP contribution in [-0.4, -0.2) is 16.2 Å². The molecular weight excluding hydrogens is 230 g/mol. The number of nitrogens with zero attached hydrogens (tertiary/aromatic N) is 1. The molecule has 1 aromatic heterocycles. The average Bonchev–Trinajstić information content (AvgIpc) is 2.82. The molecule has 0 aliphatic heterocycles. The maximum atomic E-state index is 11.0. The number of aromatic nitrogens is 1. The smallest absolute Gasteiger partial charge is 0.375 e. The van der Waals surface area contributed by atoms with Gasteiger partial charge in [0, 0.05) is 5.56 Å². The second kappa shape index (κ2) is 4.29. The van der Waals surface area contributed by atoms with Gasteiger partial charge < -0.3 is 9.63 Å². The lowest BCUT2D eigenvalue weighted by molar-refractivity contribution is 0.0650. The summed E-state index contributed by atoms with van der Waals surface area (Å²) in [6.45, 7) is 0. The van der Waals surface area contributed by atoms with Gasteiger partial charge in [0.15, 0.2) is 0 Å². The zero-order valence-corrected chi connectivity index (χ0v) is 9.80. The van der Waals surface area contributed by atoms with Gasteiger partial charge in [0.2, 0.25) is 5.76 Å². The molecule has 4 heteroatoms. The van der Waals surface area contributed by atoms with E-state index in [0.29, 0.717) is 12.3 Å². The van der Waals surface area contributed by atoms with Gasteiger partial charge in [-0.15, -0.1) is 0 Å². The number of fused-ring (bicyclic) bond motifs is 1. The molecule has 2 aromatic rings. The molecule has 92 valence electrons. The minimum atomic E-state index is -1.03. The molecule has 18 heavy (non-hydrogen) atoms. The highest BCUT2D eigenvalue weighted by molar-refractivity contribution is 5.86. The van der Waals surface area contributed by atoms with E-state index >= 15 is 0 Å². The lowest BCUT2D eigenvalue weighted by Gasteiger charge is -2.21. The number of aromatic carboxylic acids is 1. The van der Waals surface area contributed by atoms with Crippen molar-refractivity contribution < 1.29 is 14.4 Å². The number of benzene rings is 1. The fraction of sp³-hybridized carbons (Fsp3) is 0.286. The van der Waals surface area contributed by atoms with Crippen LogP contribution in [0.4, 0.5) is 0 Å². The third-order valence-electron chi connectivity index (χ3n) is 3.51. The van der Waals surface area contributed by atoms with E-state index in [1.807, 2.05) is 18.2 Å². The Morgan fingerprint density at radius 3 is 2.83 bits per heavy atom. The van der Waals surface area contributed by atoms with Crippen LogP contribution in [0.25, 0.3) is 0 Å². The first-order valence-corrected chi connectivity index (χ1v) is 6.01. The predicted octanol–water partition coefficient (Wildman–Crippen LogP) is 2.65.